The van der Waals surface area contributed by atoms with Gasteiger partial charge in [0.1, 0.15) is 23.3 Å². The Morgan fingerprint density at radius 2 is 2.00 bits per heavy atom. The average molecular weight is 373 g/mol. The van der Waals surface area contributed by atoms with E-state index in [-0.39, 0.29) is 24.5 Å². The predicted octanol–water partition coefficient (Wildman–Crippen LogP) is 2.01. The summed E-state index contributed by atoms with van der Waals surface area (Å²) in [4.78, 5) is 26.8. The van der Waals surface area contributed by atoms with Crippen molar-refractivity contribution in [1.29, 1.82) is 0 Å². The molecule has 27 heavy (non-hydrogen) atoms. The van der Waals surface area contributed by atoms with Crippen molar-refractivity contribution in [2.45, 2.75) is 26.8 Å². The molecule has 8 heteroatoms. The number of amides is 1. The SMILES string of the molecule is COCCN1C(=O)C(=O)/C(=C(/O)c2c(C)nn(C)c2C)C1c1ccc(C)o1. The molecule has 1 aliphatic rings. The largest absolute Gasteiger partial charge is 0.507 e. The molecule has 2 aromatic heterocycles. The van der Waals surface area contributed by atoms with Gasteiger partial charge in [-0.05, 0) is 32.9 Å². The fourth-order valence-corrected chi connectivity index (χ4v) is 3.45. The van der Waals surface area contributed by atoms with Crippen molar-refractivity contribution in [3.63, 3.8) is 0 Å². The molecule has 3 rings (SSSR count). The Hall–Kier alpha value is -2.87. The molecule has 8 nitrogen and oxygen atoms in total. The van der Waals surface area contributed by atoms with Gasteiger partial charge in [0.25, 0.3) is 11.7 Å². The molecule has 1 saturated heterocycles. The van der Waals surface area contributed by atoms with Crippen LogP contribution in [0, 0.1) is 20.8 Å². The van der Waals surface area contributed by atoms with Crippen LogP contribution in [0.4, 0.5) is 0 Å². The predicted molar refractivity (Wildman–Crippen MR) is 97.0 cm³/mol. The zero-order chi connectivity index (χ0) is 19.9. The number of likely N-dealkylation sites (tertiary alicyclic amines) is 1. The zero-order valence-electron chi connectivity index (χ0n) is 16.1. The Bertz CT molecular complexity index is 937. The minimum absolute atomic E-state index is 0.00431. The lowest BCUT2D eigenvalue weighted by Gasteiger charge is -2.22. The van der Waals surface area contributed by atoms with Crippen molar-refractivity contribution in [2.24, 2.45) is 7.05 Å². The van der Waals surface area contributed by atoms with Gasteiger partial charge in [-0.25, -0.2) is 0 Å². The highest BCUT2D eigenvalue weighted by Gasteiger charge is 2.47. The van der Waals surface area contributed by atoms with Crippen LogP contribution in [0.25, 0.3) is 5.76 Å². The second-order valence-corrected chi connectivity index (χ2v) is 6.60. The Kier molecular flexibility index (Phi) is 4.93. The fourth-order valence-electron chi connectivity index (χ4n) is 3.45. The number of aromatic nitrogens is 2. The van der Waals surface area contributed by atoms with E-state index in [9.17, 15) is 14.7 Å². The number of carbonyl (C=O) groups excluding carboxylic acids is 2. The first-order valence-electron chi connectivity index (χ1n) is 8.62. The van der Waals surface area contributed by atoms with Crippen LogP contribution in [0.1, 0.15) is 34.5 Å². The number of hydrogen-bond acceptors (Lipinski definition) is 6. The van der Waals surface area contributed by atoms with Gasteiger partial charge in [0.15, 0.2) is 0 Å². The fraction of sp³-hybridized carbons (Fsp3) is 0.421. The molecule has 2 aromatic rings. The van der Waals surface area contributed by atoms with Crippen LogP contribution >= 0.6 is 0 Å². The number of aryl methyl sites for hydroxylation is 3. The van der Waals surface area contributed by atoms with E-state index in [1.54, 1.807) is 44.6 Å². The Balaban J connectivity index is 2.21. The normalized spacial score (nSPS) is 19.3. The summed E-state index contributed by atoms with van der Waals surface area (Å²) < 4.78 is 12.4. The van der Waals surface area contributed by atoms with Crippen LogP contribution < -0.4 is 0 Å². The van der Waals surface area contributed by atoms with E-state index < -0.39 is 17.7 Å². The molecule has 0 radical (unpaired) electrons. The van der Waals surface area contributed by atoms with Crippen LogP contribution in [0.15, 0.2) is 22.1 Å². The van der Waals surface area contributed by atoms with Gasteiger partial charge in [0.2, 0.25) is 0 Å². The first-order chi connectivity index (χ1) is 12.8. The minimum Gasteiger partial charge on any atom is -0.507 e. The molecule has 0 bridgehead atoms. The van der Waals surface area contributed by atoms with Gasteiger partial charge < -0.3 is 19.2 Å². The van der Waals surface area contributed by atoms with E-state index in [1.165, 1.54) is 12.0 Å². The summed E-state index contributed by atoms with van der Waals surface area (Å²) in [5.74, 6) is -0.604. The Labute approximate surface area is 157 Å². The molecule has 0 spiro atoms. The number of carbonyl (C=O) groups is 2. The molecule has 1 unspecified atom stereocenters. The maximum absolute atomic E-state index is 12.8. The van der Waals surface area contributed by atoms with Gasteiger partial charge in [-0.15, -0.1) is 0 Å². The lowest BCUT2D eigenvalue weighted by atomic mass is 9.98. The minimum atomic E-state index is -0.812. The van der Waals surface area contributed by atoms with Crippen molar-refractivity contribution < 1.29 is 23.8 Å². The molecule has 1 atom stereocenters. The quantitative estimate of drug-likeness (QED) is 0.489. The maximum Gasteiger partial charge on any atom is 0.295 e. The summed E-state index contributed by atoms with van der Waals surface area (Å²) in [6.07, 6.45) is 0. The van der Waals surface area contributed by atoms with Crippen molar-refractivity contribution in [2.75, 3.05) is 20.3 Å². The molecule has 1 amide bonds. The molecule has 0 aliphatic carbocycles. The maximum atomic E-state index is 12.8. The van der Waals surface area contributed by atoms with Gasteiger partial charge in [-0.3, -0.25) is 14.3 Å². The molecule has 1 N–H and O–H groups in total. The van der Waals surface area contributed by atoms with Gasteiger partial charge >= 0.3 is 0 Å². The van der Waals surface area contributed by atoms with Crippen molar-refractivity contribution in [1.82, 2.24) is 14.7 Å². The Morgan fingerprint density at radius 1 is 1.30 bits per heavy atom. The summed E-state index contributed by atoms with van der Waals surface area (Å²) in [6.45, 7) is 5.78. The number of Topliss-reactive ketones (excluding diaryl/α,β-unsaturated/α-hetero) is 1. The third kappa shape index (κ3) is 3.06. The topological polar surface area (TPSA) is 97.8 Å². The third-order valence-electron chi connectivity index (χ3n) is 4.85. The van der Waals surface area contributed by atoms with Crippen LogP contribution in [0.5, 0.6) is 0 Å². The summed E-state index contributed by atoms with van der Waals surface area (Å²) in [5.41, 5.74) is 1.73. The molecule has 0 aromatic carbocycles. The number of methoxy groups -OCH3 is 1. The van der Waals surface area contributed by atoms with Crippen LogP contribution in [-0.2, 0) is 21.4 Å². The highest BCUT2D eigenvalue weighted by molar-refractivity contribution is 6.46. The van der Waals surface area contributed by atoms with Crippen LogP contribution in [-0.4, -0.2) is 51.7 Å². The highest BCUT2D eigenvalue weighted by Crippen LogP contribution is 2.40. The van der Waals surface area contributed by atoms with E-state index in [1.807, 2.05) is 0 Å². The molecule has 144 valence electrons. The number of hydrogen-bond donors (Lipinski definition) is 1. The van der Waals surface area contributed by atoms with E-state index >= 15 is 0 Å². The van der Waals surface area contributed by atoms with Gasteiger partial charge in [-0.1, -0.05) is 0 Å². The second-order valence-electron chi connectivity index (χ2n) is 6.60. The molecular weight excluding hydrogens is 350 g/mol. The summed E-state index contributed by atoms with van der Waals surface area (Å²) in [7, 11) is 3.27. The van der Waals surface area contributed by atoms with E-state index in [2.05, 4.69) is 5.10 Å². The molecular formula is C19H23N3O5. The number of aliphatic hydroxyl groups excluding tert-OH is 1. The van der Waals surface area contributed by atoms with Crippen molar-refractivity contribution >= 4 is 17.4 Å². The number of nitrogens with zero attached hydrogens (tertiary/aromatic N) is 3. The van der Waals surface area contributed by atoms with E-state index in [0.29, 0.717) is 28.5 Å². The number of ether oxygens (including phenoxy) is 1. The van der Waals surface area contributed by atoms with Gasteiger partial charge in [0.05, 0.1) is 23.4 Å². The first-order valence-corrected chi connectivity index (χ1v) is 8.62. The Morgan fingerprint density at radius 3 is 2.52 bits per heavy atom. The number of aliphatic hydroxyl groups is 1. The smallest absolute Gasteiger partial charge is 0.295 e. The number of rotatable bonds is 5. The molecule has 1 aliphatic heterocycles. The van der Waals surface area contributed by atoms with Crippen molar-refractivity contribution in [3.05, 3.63) is 46.2 Å². The third-order valence-corrected chi connectivity index (χ3v) is 4.85. The summed E-state index contributed by atoms with van der Waals surface area (Å²) in [6, 6.07) is 2.65. The van der Waals surface area contributed by atoms with Crippen LogP contribution in [0.2, 0.25) is 0 Å². The lowest BCUT2D eigenvalue weighted by molar-refractivity contribution is -0.140. The van der Waals surface area contributed by atoms with E-state index in [4.69, 9.17) is 9.15 Å². The summed E-state index contributed by atoms with van der Waals surface area (Å²) >= 11 is 0. The van der Waals surface area contributed by atoms with Crippen molar-refractivity contribution in [3.8, 4) is 0 Å². The van der Waals surface area contributed by atoms with Gasteiger partial charge in [-0.2, -0.15) is 5.10 Å². The van der Waals surface area contributed by atoms with Gasteiger partial charge in [0, 0.05) is 26.4 Å². The monoisotopic (exact) mass is 373 g/mol. The first kappa shape index (κ1) is 18.9. The standard InChI is InChI=1S/C19H23N3O5/c1-10-6-7-13(27-10)16-15(18(24)19(25)22(16)8-9-26-5)17(23)14-11(2)20-21(4)12(14)3/h6-7,16,23H,8-9H2,1-5H3/b17-15+. The second kappa shape index (κ2) is 7.03. The number of furan rings is 1. The highest BCUT2D eigenvalue weighted by atomic mass is 16.5. The molecule has 3 heterocycles. The zero-order valence-corrected chi connectivity index (χ0v) is 16.1. The van der Waals surface area contributed by atoms with Crippen LogP contribution in [0.3, 0.4) is 0 Å². The molecule has 1 fully saturated rings. The number of ketones is 1. The average Bonchev–Trinajstić information content (AvgIpc) is 3.22. The summed E-state index contributed by atoms with van der Waals surface area (Å²) in [5, 5.41) is 15.3. The van der Waals surface area contributed by atoms with E-state index in [0.717, 1.165) is 0 Å². The molecule has 0 saturated carbocycles. The lowest BCUT2D eigenvalue weighted by Crippen LogP contribution is -2.32.